The number of guanidine groups is 1. The molecule has 0 atom stereocenters. The number of hydrogen-bond acceptors (Lipinski definition) is 3. The predicted octanol–water partition coefficient (Wildman–Crippen LogP) is -0.221. The Labute approximate surface area is 65.6 Å². The van der Waals surface area contributed by atoms with Crippen molar-refractivity contribution >= 4 is 12.4 Å². The molecule has 5 heteroatoms. The van der Waals surface area contributed by atoms with Gasteiger partial charge in [0.2, 0.25) is 12.4 Å². The van der Waals surface area contributed by atoms with Gasteiger partial charge in [0.25, 0.3) is 0 Å². The third-order valence-electron chi connectivity index (χ3n) is 0.959. The topological polar surface area (TPSA) is 76.7 Å². The molecular weight excluding hydrogens is 146 g/mol. The van der Waals surface area contributed by atoms with Gasteiger partial charge >= 0.3 is 0 Å². The molecule has 0 radical (unpaired) electrons. The van der Waals surface area contributed by atoms with Crippen LogP contribution in [0.3, 0.4) is 0 Å². The molecule has 11 heavy (non-hydrogen) atoms. The van der Waals surface area contributed by atoms with Crippen molar-refractivity contribution in [2.24, 2.45) is 10.9 Å². The van der Waals surface area contributed by atoms with Crippen LogP contribution in [0.1, 0.15) is 19.8 Å². The van der Waals surface area contributed by atoms with Crippen LogP contribution in [0.2, 0.25) is 0 Å². The molecule has 0 bridgehead atoms. The molecule has 0 fully saturated rings. The highest BCUT2D eigenvalue weighted by Crippen LogP contribution is 1.86. The Morgan fingerprint density at radius 1 is 1.82 bits per heavy atom. The molecule has 0 aromatic rings. The Kier molecular flexibility index (Phi) is 6.07. The van der Waals surface area contributed by atoms with Gasteiger partial charge in [0.15, 0.2) is 0 Å². The Hall–Kier alpha value is -1.26. The SMILES string of the molecule is CCCCON=C(N)NC=O. The summed E-state index contributed by atoms with van der Waals surface area (Å²) in [6.07, 6.45) is 2.41. The zero-order valence-corrected chi connectivity index (χ0v) is 6.54. The van der Waals surface area contributed by atoms with E-state index < -0.39 is 0 Å². The molecule has 0 aliphatic rings. The minimum absolute atomic E-state index is 0.0175. The molecule has 5 nitrogen and oxygen atoms in total. The Bertz CT molecular complexity index is 136. The van der Waals surface area contributed by atoms with Crippen molar-refractivity contribution in [1.82, 2.24) is 5.32 Å². The maximum absolute atomic E-state index is 9.78. The zero-order valence-electron chi connectivity index (χ0n) is 6.54. The predicted molar refractivity (Wildman–Crippen MR) is 41.7 cm³/mol. The summed E-state index contributed by atoms with van der Waals surface area (Å²) in [6.45, 7) is 2.57. The van der Waals surface area contributed by atoms with Crippen LogP contribution in [0.25, 0.3) is 0 Å². The summed E-state index contributed by atoms with van der Waals surface area (Å²) in [5, 5.41) is 5.55. The van der Waals surface area contributed by atoms with E-state index in [4.69, 9.17) is 10.6 Å². The van der Waals surface area contributed by atoms with Crippen molar-refractivity contribution in [3.05, 3.63) is 0 Å². The van der Waals surface area contributed by atoms with Crippen molar-refractivity contribution in [2.75, 3.05) is 6.61 Å². The van der Waals surface area contributed by atoms with Gasteiger partial charge in [0.1, 0.15) is 6.61 Å². The van der Waals surface area contributed by atoms with Gasteiger partial charge in [-0.25, -0.2) is 0 Å². The number of hydrogen-bond donors (Lipinski definition) is 2. The van der Waals surface area contributed by atoms with Gasteiger partial charge in [-0.15, -0.1) is 0 Å². The van der Waals surface area contributed by atoms with Crippen molar-refractivity contribution < 1.29 is 9.63 Å². The molecule has 0 rings (SSSR count). The highest BCUT2D eigenvalue weighted by molar-refractivity contribution is 5.86. The third kappa shape index (κ3) is 6.63. The molecule has 0 saturated carbocycles. The lowest BCUT2D eigenvalue weighted by atomic mass is 10.4. The van der Waals surface area contributed by atoms with Crippen LogP contribution in [0.4, 0.5) is 0 Å². The Morgan fingerprint density at radius 3 is 3.09 bits per heavy atom. The smallest absolute Gasteiger partial charge is 0.237 e. The maximum Gasteiger partial charge on any atom is 0.237 e. The molecule has 0 unspecified atom stereocenters. The number of nitrogens with zero attached hydrogens (tertiary/aromatic N) is 1. The summed E-state index contributed by atoms with van der Waals surface area (Å²) < 4.78 is 0. The number of nitrogens with one attached hydrogen (secondary N) is 1. The highest BCUT2D eigenvalue weighted by Gasteiger charge is 1.87. The van der Waals surface area contributed by atoms with Crippen LogP contribution < -0.4 is 11.1 Å². The fraction of sp³-hybridized carbons (Fsp3) is 0.667. The fourth-order valence-corrected chi connectivity index (χ4v) is 0.411. The van der Waals surface area contributed by atoms with E-state index in [1.807, 2.05) is 6.92 Å². The summed E-state index contributed by atoms with van der Waals surface area (Å²) >= 11 is 0. The number of carbonyl (C=O) groups is 1. The number of unbranched alkanes of at least 4 members (excludes halogenated alkanes) is 1. The summed E-state index contributed by atoms with van der Waals surface area (Å²) in [7, 11) is 0. The van der Waals surface area contributed by atoms with Gasteiger partial charge < -0.3 is 10.6 Å². The Balaban J connectivity index is 3.31. The second-order valence-electron chi connectivity index (χ2n) is 1.93. The first-order chi connectivity index (χ1) is 5.31. The average Bonchev–Trinajstić information content (AvgIpc) is 1.99. The molecule has 1 amide bonds. The molecule has 0 aromatic heterocycles. The number of nitrogens with two attached hydrogens (primary N) is 1. The van der Waals surface area contributed by atoms with E-state index in [1.165, 1.54) is 0 Å². The first-order valence-corrected chi connectivity index (χ1v) is 3.47. The quantitative estimate of drug-likeness (QED) is 0.191. The molecule has 3 N–H and O–H groups in total. The van der Waals surface area contributed by atoms with E-state index in [1.54, 1.807) is 0 Å². The standard InChI is InChI=1S/C6H13N3O2/c1-2-3-4-11-9-6(7)8-5-10/h5H,2-4H2,1H3,(H3,7,8,9,10). The van der Waals surface area contributed by atoms with Crippen LogP contribution in [-0.4, -0.2) is 19.0 Å². The summed E-state index contributed by atoms with van der Waals surface area (Å²) in [5.41, 5.74) is 5.15. The van der Waals surface area contributed by atoms with Crippen LogP contribution >= 0.6 is 0 Å². The van der Waals surface area contributed by atoms with E-state index in [0.717, 1.165) is 12.8 Å². The van der Waals surface area contributed by atoms with Gasteiger partial charge in [-0.3, -0.25) is 10.1 Å². The molecule has 0 saturated heterocycles. The molecule has 0 spiro atoms. The molecule has 0 aliphatic carbocycles. The van der Waals surface area contributed by atoms with Gasteiger partial charge in [0, 0.05) is 0 Å². The number of oxime groups is 1. The van der Waals surface area contributed by atoms with Crippen LogP contribution in [-0.2, 0) is 9.63 Å². The molecule has 0 aromatic carbocycles. The largest absolute Gasteiger partial charge is 0.393 e. The molecular formula is C6H13N3O2. The lowest BCUT2D eigenvalue weighted by molar-refractivity contribution is -0.108. The first-order valence-electron chi connectivity index (χ1n) is 3.47. The maximum atomic E-state index is 9.78. The monoisotopic (exact) mass is 159 g/mol. The van der Waals surface area contributed by atoms with E-state index in [9.17, 15) is 4.79 Å². The zero-order chi connectivity index (χ0) is 8.53. The van der Waals surface area contributed by atoms with E-state index >= 15 is 0 Å². The number of carbonyl (C=O) groups excluding carboxylic acids is 1. The van der Waals surface area contributed by atoms with Crippen LogP contribution in [0, 0.1) is 0 Å². The normalized spacial score (nSPS) is 10.8. The van der Waals surface area contributed by atoms with Gasteiger partial charge in [0.05, 0.1) is 0 Å². The first kappa shape index (κ1) is 9.74. The minimum atomic E-state index is -0.0175. The molecule has 64 valence electrons. The van der Waals surface area contributed by atoms with E-state index in [0.29, 0.717) is 13.0 Å². The van der Waals surface area contributed by atoms with E-state index in [2.05, 4.69) is 10.5 Å². The third-order valence-corrected chi connectivity index (χ3v) is 0.959. The second kappa shape index (κ2) is 6.85. The van der Waals surface area contributed by atoms with E-state index in [-0.39, 0.29) is 5.96 Å². The lowest BCUT2D eigenvalue weighted by Crippen LogP contribution is -2.30. The van der Waals surface area contributed by atoms with Crippen molar-refractivity contribution in [1.29, 1.82) is 0 Å². The van der Waals surface area contributed by atoms with Crippen molar-refractivity contribution in [2.45, 2.75) is 19.8 Å². The summed E-state index contributed by atoms with van der Waals surface area (Å²) in [4.78, 5) is 14.5. The average molecular weight is 159 g/mol. The summed E-state index contributed by atoms with van der Waals surface area (Å²) in [6, 6.07) is 0. The molecule has 0 heterocycles. The molecule has 0 aliphatic heterocycles. The number of amides is 1. The second-order valence-corrected chi connectivity index (χ2v) is 1.93. The van der Waals surface area contributed by atoms with Gasteiger partial charge in [-0.1, -0.05) is 13.3 Å². The van der Waals surface area contributed by atoms with Crippen molar-refractivity contribution in [3.63, 3.8) is 0 Å². The Morgan fingerprint density at radius 2 is 2.55 bits per heavy atom. The highest BCUT2D eigenvalue weighted by atomic mass is 16.6. The van der Waals surface area contributed by atoms with Crippen molar-refractivity contribution in [3.8, 4) is 0 Å². The lowest BCUT2D eigenvalue weighted by Gasteiger charge is -1.98. The minimum Gasteiger partial charge on any atom is -0.393 e. The van der Waals surface area contributed by atoms with Gasteiger partial charge in [-0.2, -0.15) is 0 Å². The van der Waals surface area contributed by atoms with Crippen LogP contribution in [0.15, 0.2) is 5.16 Å². The summed E-state index contributed by atoms with van der Waals surface area (Å²) in [5.74, 6) is -0.0175. The van der Waals surface area contributed by atoms with Crippen LogP contribution in [0.5, 0.6) is 0 Å². The number of rotatable bonds is 5. The van der Waals surface area contributed by atoms with Gasteiger partial charge in [-0.05, 0) is 11.6 Å². The fourth-order valence-electron chi connectivity index (χ4n) is 0.411.